The number of rotatable bonds is 7. The van der Waals surface area contributed by atoms with E-state index in [-0.39, 0.29) is 43.7 Å². The number of nitrogens with zero attached hydrogens (tertiary/aromatic N) is 3. The molecule has 10 nitrogen and oxygen atoms in total. The number of methoxy groups -OCH3 is 1. The first-order valence-electron chi connectivity index (χ1n) is 19.8. The standard InChI is InChI=1S/C47H47N3O7/c1-48-20-17-31-12-15-35-27-38(31)39(48)23-29-9-13-34(14-10-29)56-42-25-30(24-40-43-32(18-21-49(40)2)26-33(28-51)44(54-3)45(43)57-35)11-16-41(42)55-22-6-19-50-46(52)36-7-4-5-8-37(36)47(50)53/h4-5,7-16,25-27,39-40,51H,6,17-24,28H2,1-3H3. The zero-order valence-corrected chi connectivity index (χ0v) is 32.6. The molecule has 2 unspecified atom stereocenters. The molecule has 5 aromatic rings. The Bertz CT molecular complexity index is 2320. The molecule has 0 fully saturated rings. The van der Waals surface area contributed by atoms with Crippen molar-refractivity contribution < 1.29 is 33.6 Å². The van der Waals surface area contributed by atoms with Crippen LogP contribution in [0.4, 0.5) is 0 Å². The van der Waals surface area contributed by atoms with Gasteiger partial charge in [0.25, 0.3) is 11.8 Å². The SMILES string of the molecule is COc1c(CO)cc2c3c1Oc1ccc4c(c1)C(Cc1ccc(cc1)Oc1cc(ccc1OCCCN1C(=O)c5ccccc5C1=O)CC3N(C)CC2)N(C)CC4. The van der Waals surface area contributed by atoms with E-state index in [1.807, 2.05) is 24.3 Å². The third kappa shape index (κ3) is 6.92. The molecule has 0 saturated heterocycles. The number of likely N-dealkylation sites (N-methyl/N-ethyl adjacent to an activating group) is 2. The van der Waals surface area contributed by atoms with E-state index in [1.54, 1.807) is 31.4 Å². The molecule has 57 heavy (non-hydrogen) atoms. The van der Waals surface area contributed by atoms with E-state index in [2.05, 4.69) is 66.4 Å². The monoisotopic (exact) mass is 765 g/mol. The van der Waals surface area contributed by atoms with Crippen LogP contribution in [0.15, 0.2) is 91.0 Å². The normalized spacial score (nSPS) is 18.9. The molecule has 2 amide bonds. The Balaban J connectivity index is 1.08. The second-order valence-electron chi connectivity index (χ2n) is 15.5. The number of ether oxygens (including phenoxy) is 4. The maximum atomic E-state index is 12.9. The Hall–Kier alpha value is -5.68. The molecule has 10 rings (SSSR count). The predicted octanol–water partition coefficient (Wildman–Crippen LogP) is 7.69. The Labute approximate surface area is 333 Å². The molecule has 0 radical (unpaired) electrons. The number of amides is 2. The van der Waals surface area contributed by atoms with Gasteiger partial charge in [0.1, 0.15) is 11.5 Å². The van der Waals surface area contributed by atoms with Crippen molar-refractivity contribution in [3.8, 4) is 34.5 Å². The lowest BCUT2D eigenvalue weighted by Crippen LogP contribution is -2.34. The summed E-state index contributed by atoms with van der Waals surface area (Å²) in [6.07, 6.45) is 3.70. The van der Waals surface area contributed by atoms with Crippen molar-refractivity contribution in [1.82, 2.24) is 14.7 Å². The second kappa shape index (κ2) is 15.3. The molecule has 0 spiro atoms. The van der Waals surface area contributed by atoms with Crippen LogP contribution in [0.25, 0.3) is 0 Å². The summed E-state index contributed by atoms with van der Waals surface area (Å²) in [6, 6.07) is 29.9. The van der Waals surface area contributed by atoms with E-state index in [0.29, 0.717) is 58.3 Å². The molecule has 1 N–H and O–H groups in total. The average Bonchev–Trinajstić information content (AvgIpc) is 3.47. The summed E-state index contributed by atoms with van der Waals surface area (Å²) in [4.78, 5) is 32.0. The van der Waals surface area contributed by atoms with Crippen LogP contribution in [0.5, 0.6) is 34.5 Å². The minimum Gasteiger partial charge on any atom is -0.492 e. The smallest absolute Gasteiger partial charge is 0.261 e. The second-order valence-corrected chi connectivity index (χ2v) is 15.5. The largest absolute Gasteiger partial charge is 0.492 e. The molecule has 6 bridgehead atoms. The lowest BCUT2D eigenvalue weighted by Gasteiger charge is -2.37. The summed E-state index contributed by atoms with van der Waals surface area (Å²) in [7, 11) is 5.96. The van der Waals surface area contributed by atoms with Crippen LogP contribution in [0, 0.1) is 0 Å². The van der Waals surface area contributed by atoms with Gasteiger partial charge in [0.15, 0.2) is 23.0 Å². The first-order valence-corrected chi connectivity index (χ1v) is 19.8. The Morgan fingerprint density at radius 3 is 2.18 bits per heavy atom. The third-order valence-electron chi connectivity index (χ3n) is 12.1. The van der Waals surface area contributed by atoms with Crippen molar-refractivity contribution in [2.45, 2.75) is 50.8 Å². The van der Waals surface area contributed by atoms with E-state index < -0.39 is 0 Å². The predicted molar refractivity (Wildman–Crippen MR) is 216 cm³/mol. The van der Waals surface area contributed by atoms with E-state index in [9.17, 15) is 14.7 Å². The average molecular weight is 766 g/mol. The molecule has 5 aliphatic heterocycles. The molecule has 5 aromatic carbocycles. The van der Waals surface area contributed by atoms with E-state index in [1.165, 1.54) is 21.6 Å². The van der Waals surface area contributed by atoms with Gasteiger partial charge in [-0.2, -0.15) is 0 Å². The molecule has 2 atom stereocenters. The molecule has 5 aliphatic rings. The zero-order valence-electron chi connectivity index (χ0n) is 32.6. The van der Waals surface area contributed by atoms with Gasteiger partial charge < -0.3 is 24.1 Å². The molecular formula is C47H47N3O7. The van der Waals surface area contributed by atoms with Gasteiger partial charge in [0.05, 0.1) is 31.5 Å². The van der Waals surface area contributed by atoms with Crippen LogP contribution in [-0.2, 0) is 32.3 Å². The van der Waals surface area contributed by atoms with Crippen LogP contribution in [0.1, 0.15) is 78.2 Å². The first kappa shape index (κ1) is 36.9. The van der Waals surface area contributed by atoms with Crippen molar-refractivity contribution in [2.75, 3.05) is 47.4 Å². The summed E-state index contributed by atoms with van der Waals surface area (Å²) < 4.78 is 26.0. The fraction of sp³-hybridized carbons (Fsp3) is 0.319. The summed E-state index contributed by atoms with van der Waals surface area (Å²) in [5.74, 6) is 3.25. The van der Waals surface area contributed by atoms with Gasteiger partial charge in [-0.25, -0.2) is 0 Å². The molecule has 5 heterocycles. The van der Waals surface area contributed by atoms with Crippen molar-refractivity contribution in [1.29, 1.82) is 0 Å². The van der Waals surface area contributed by atoms with Crippen molar-refractivity contribution in [2.24, 2.45) is 0 Å². The van der Waals surface area contributed by atoms with Crippen LogP contribution in [0.3, 0.4) is 0 Å². The number of carbonyl (C=O) groups is 2. The first-order chi connectivity index (χ1) is 27.8. The lowest BCUT2D eigenvalue weighted by atomic mass is 9.86. The number of benzene rings is 5. The molecule has 10 heteroatoms. The molecular weight excluding hydrogens is 719 g/mol. The van der Waals surface area contributed by atoms with Crippen LogP contribution in [0.2, 0.25) is 0 Å². The minimum atomic E-state index is -0.268. The van der Waals surface area contributed by atoms with E-state index in [4.69, 9.17) is 18.9 Å². The third-order valence-corrected chi connectivity index (χ3v) is 12.1. The van der Waals surface area contributed by atoms with Gasteiger partial charge in [0, 0.05) is 42.8 Å². The van der Waals surface area contributed by atoms with Crippen LogP contribution >= 0.6 is 0 Å². The minimum absolute atomic E-state index is 0.0701. The van der Waals surface area contributed by atoms with Crippen LogP contribution in [-0.4, -0.2) is 79.1 Å². The van der Waals surface area contributed by atoms with Gasteiger partial charge in [-0.1, -0.05) is 36.4 Å². The fourth-order valence-corrected chi connectivity index (χ4v) is 8.95. The van der Waals surface area contributed by atoms with Gasteiger partial charge >= 0.3 is 0 Å². The Morgan fingerprint density at radius 1 is 0.754 bits per heavy atom. The summed E-state index contributed by atoms with van der Waals surface area (Å²) in [5, 5.41) is 10.5. The highest BCUT2D eigenvalue weighted by molar-refractivity contribution is 6.21. The Morgan fingerprint density at radius 2 is 1.44 bits per heavy atom. The number of aliphatic hydroxyl groups excluding tert-OH is 1. The van der Waals surface area contributed by atoms with Crippen LogP contribution < -0.4 is 18.9 Å². The van der Waals surface area contributed by atoms with Crippen molar-refractivity contribution in [3.05, 3.63) is 141 Å². The van der Waals surface area contributed by atoms with Crippen molar-refractivity contribution in [3.63, 3.8) is 0 Å². The highest BCUT2D eigenvalue weighted by atomic mass is 16.5. The summed E-state index contributed by atoms with van der Waals surface area (Å²) in [5.41, 5.74) is 8.59. The fourth-order valence-electron chi connectivity index (χ4n) is 8.95. The summed E-state index contributed by atoms with van der Waals surface area (Å²) in [6.45, 7) is 2.17. The number of fused-ring (bicyclic) bond motifs is 3. The molecule has 292 valence electrons. The van der Waals surface area contributed by atoms with Gasteiger partial charge in [-0.05, 0) is 129 Å². The number of hydrogen-bond acceptors (Lipinski definition) is 9. The van der Waals surface area contributed by atoms with Gasteiger partial charge in [-0.3, -0.25) is 24.3 Å². The molecule has 0 saturated carbocycles. The topological polar surface area (TPSA) is 101 Å². The van der Waals surface area contributed by atoms with Crippen molar-refractivity contribution >= 4 is 11.8 Å². The number of imide groups is 1. The van der Waals surface area contributed by atoms with E-state index in [0.717, 1.165) is 54.8 Å². The number of carbonyl (C=O) groups excluding carboxylic acids is 2. The molecule has 0 aliphatic carbocycles. The van der Waals surface area contributed by atoms with Gasteiger partial charge in [-0.15, -0.1) is 0 Å². The maximum absolute atomic E-state index is 12.9. The summed E-state index contributed by atoms with van der Waals surface area (Å²) >= 11 is 0. The Kier molecular flexibility index (Phi) is 9.94. The lowest BCUT2D eigenvalue weighted by molar-refractivity contribution is 0.0646. The van der Waals surface area contributed by atoms with E-state index >= 15 is 0 Å². The zero-order chi connectivity index (χ0) is 39.2. The quantitative estimate of drug-likeness (QED) is 0.132. The number of hydrogen-bond donors (Lipinski definition) is 1. The highest BCUT2D eigenvalue weighted by Crippen LogP contribution is 2.48. The number of aliphatic hydroxyl groups is 1. The highest BCUT2D eigenvalue weighted by Gasteiger charge is 2.36. The van der Waals surface area contributed by atoms with Gasteiger partial charge in [0.2, 0.25) is 0 Å². The molecule has 0 aromatic heterocycles. The maximum Gasteiger partial charge on any atom is 0.261 e.